The molecule has 0 aromatic heterocycles. The van der Waals surface area contributed by atoms with E-state index in [-0.39, 0.29) is 23.6 Å². The number of methoxy groups -OCH3 is 1. The van der Waals surface area contributed by atoms with E-state index in [2.05, 4.69) is 5.32 Å². The fourth-order valence-corrected chi connectivity index (χ4v) is 3.00. The highest BCUT2D eigenvalue weighted by Crippen LogP contribution is 2.30. The Hall–Kier alpha value is -1.75. The Kier molecular flexibility index (Phi) is 5.07. The van der Waals surface area contributed by atoms with Crippen molar-refractivity contribution < 1.29 is 14.6 Å². The van der Waals surface area contributed by atoms with E-state index < -0.39 is 0 Å². The Morgan fingerprint density at radius 3 is 2.57 bits per heavy atom. The number of primary amides is 1. The van der Waals surface area contributed by atoms with Gasteiger partial charge in [-0.2, -0.15) is 0 Å². The molecular formula is C16H24N2O3. The molecule has 21 heavy (non-hydrogen) atoms. The number of ether oxygens (including phenoxy) is 1. The van der Waals surface area contributed by atoms with Crippen molar-refractivity contribution in [1.82, 2.24) is 5.32 Å². The first-order valence-corrected chi connectivity index (χ1v) is 7.43. The van der Waals surface area contributed by atoms with Crippen LogP contribution in [-0.2, 0) is 4.79 Å². The van der Waals surface area contributed by atoms with Crippen LogP contribution in [0.1, 0.15) is 44.2 Å². The van der Waals surface area contributed by atoms with Gasteiger partial charge in [0.15, 0.2) is 0 Å². The van der Waals surface area contributed by atoms with Crippen LogP contribution < -0.4 is 15.8 Å². The van der Waals surface area contributed by atoms with E-state index in [0.717, 1.165) is 31.2 Å². The Morgan fingerprint density at radius 2 is 2.05 bits per heavy atom. The van der Waals surface area contributed by atoms with Gasteiger partial charge in [-0.05, 0) is 38.7 Å². The molecule has 0 aliphatic heterocycles. The minimum Gasteiger partial charge on any atom is -0.507 e. The molecule has 5 nitrogen and oxygen atoms in total. The Balaban J connectivity index is 1.93. The summed E-state index contributed by atoms with van der Waals surface area (Å²) in [6.07, 6.45) is 3.56. The lowest BCUT2D eigenvalue weighted by Gasteiger charge is -2.30. The summed E-state index contributed by atoms with van der Waals surface area (Å²) < 4.78 is 5.09. The molecule has 1 saturated carbocycles. The number of amides is 1. The normalized spacial score (nSPS) is 23.5. The average molecular weight is 292 g/mol. The van der Waals surface area contributed by atoms with Crippen molar-refractivity contribution >= 4 is 5.91 Å². The third-order valence-electron chi connectivity index (χ3n) is 4.32. The number of phenols is 1. The monoisotopic (exact) mass is 292 g/mol. The first-order valence-electron chi connectivity index (χ1n) is 7.43. The van der Waals surface area contributed by atoms with E-state index in [1.165, 1.54) is 0 Å². The number of carbonyl (C=O) groups excluding carboxylic acids is 1. The molecule has 0 spiro atoms. The molecule has 1 aromatic carbocycles. The molecule has 0 radical (unpaired) electrons. The summed E-state index contributed by atoms with van der Waals surface area (Å²) in [5.41, 5.74) is 6.20. The number of phenolic OH excluding ortho intramolecular Hbond substituents is 1. The summed E-state index contributed by atoms with van der Waals surface area (Å²) in [5.74, 6) is 0.715. The highest BCUT2D eigenvalue weighted by Gasteiger charge is 2.26. The van der Waals surface area contributed by atoms with Crippen LogP contribution >= 0.6 is 0 Å². The van der Waals surface area contributed by atoms with Crippen molar-refractivity contribution in [3.8, 4) is 11.5 Å². The van der Waals surface area contributed by atoms with Gasteiger partial charge in [-0.1, -0.05) is 6.07 Å². The van der Waals surface area contributed by atoms with Crippen molar-refractivity contribution in [2.24, 2.45) is 11.7 Å². The summed E-state index contributed by atoms with van der Waals surface area (Å²) in [7, 11) is 1.58. The number of nitrogens with two attached hydrogens (primary N) is 1. The van der Waals surface area contributed by atoms with Crippen LogP contribution in [0.5, 0.6) is 11.5 Å². The van der Waals surface area contributed by atoms with Gasteiger partial charge in [-0.3, -0.25) is 4.79 Å². The zero-order chi connectivity index (χ0) is 15.4. The number of carbonyl (C=O) groups is 1. The van der Waals surface area contributed by atoms with Crippen LogP contribution in [0.3, 0.4) is 0 Å². The Bertz CT molecular complexity index is 496. The highest BCUT2D eigenvalue weighted by atomic mass is 16.5. The maximum Gasteiger partial charge on any atom is 0.220 e. The molecule has 1 fully saturated rings. The molecule has 1 amide bonds. The number of hydrogen-bond acceptors (Lipinski definition) is 4. The van der Waals surface area contributed by atoms with Gasteiger partial charge in [0.2, 0.25) is 5.91 Å². The lowest BCUT2D eigenvalue weighted by Crippen LogP contribution is -2.37. The summed E-state index contributed by atoms with van der Waals surface area (Å²) >= 11 is 0. The molecule has 1 aliphatic carbocycles. The predicted octanol–water partition coefficient (Wildman–Crippen LogP) is 2.10. The molecule has 1 aromatic rings. The molecule has 2 rings (SSSR count). The van der Waals surface area contributed by atoms with Crippen molar-refractivity contribution in [2.45, 2.75) is 44.7 Å². The van der Waals surface area contributed by atoms with Crippen LogP contribution in [0.25, 0.3) is 0 Å². The van der Waals surface area contributed by atoms with Crippen LogP contribution in [0.4, 0.5) is 0 Å². The molecule has 1 unspecified atom stereocenters. The van der Waals surface area contributed by atoms with E-state index >= 15 is 0 Å². The van der Waals surface area contributed by atoms with E-state index in [1.807, 2.05) is 19.1 Å². The van der Waals surface area contributed by atoms with Gasteiger partial charge >= 0.3 is 0 Å². The van der Waals surface area contributed by atoms with Crippen LogP contribution in [-0.4, -0.2) is 24.2 Å². The van der Waals surface area contributed by atoms with Crippen molar-refractivity contribution in [3.63, 3.8) is 0 Å². The topological polar surface area (TPSA) is 84.6 Å². The molecule has 0 bridgehead atoms. The molecule has 0 saturated heterocycles. The predicted molar refractivity (Wildman–Crippen MR) is 81.1 cm³/mol. The number of nitrogens with one attached hydrogen (secondary N) is 1. The lowest BCUT2D eigenvalue weighted by atomic mass is 9.85. The van der Waals surface area contributed by atoms with Crippen LogP contribution in [0, 0.1) is 5.92 Å². The molecule has 1 aliphatic rings. The van der Waals surface area contributed by atoms with E-state index in [1.54, 1.807) is 13.2 Å². The third-order valence-corrected chi connectivity index (χ3v) is 4.32. The minimum absolute atomic E-state index is 0.0211. The first-order chi connectivity index (χ1) is 10.0. The van der Waals surface area contributed by atoms with E-state index in [4.69, 9.17) is 10.5 Å². The smallest absolute Gasteiger partial charge is 0.220 e. The zero-order valence-electron chi connectivity index (χ0n) is 12.6. The van der Waals surface area contributed by atoms with Crippen LogP contribution in [0.2, 0.25) is 0 Å². The first kappa shape index (κ1) is 15.6. The largest absolute Gasteiger partial charge is 0.507 e. The van der Waals surface area contributed by atoms with E-state index in [9.17, 15) is 9.90 Å². The minimum atomic E-state index is -0.186. The number of aromatic hydroxyl groups is 1. The molecule has 5 heteroatoms. The SMILES string of the molecule is COc1ccc(C(C)NC2CCC(C(N)=O)CC2)c(O)c1. The number of benzene rings is 1. The summed E-state index contributed by atoms with van der Waals surface area (Å²) in [6.45, 7) is 2.03. The van der Waals surface area contributed by atoms with Gasteiger partial charge in [0.1, 0.15) is 11.5 Å². The van der Waals surface area contributed by atoms with E-state index in [0.29, 0.717) is 11.8 Å². The van der Waals surface area contributed by atoms with Gasteiger partial charge in [0.05, 0.1) is 7.11 Å². The third kappa shape index (κ3) is 3.88. The highest BCUT2D eigenvalue weighted by molar-refractivity contribution is 5.76. The summed E-state index contributed by atoms with van der Waals surface area (Å²) in [4.78, 5) is 11.2. The maximum atomic E-state index is 11.2. The maximum absolute atomic E-state index is 11.2. The standard InChI is InChI=1S/C16H24N2O3/c1-10(14-8-7-13(21-2)9-15(14)19)18-12-5-3-11(4-6-12)16(17)20/h7-12,18-19H,3-6H2,1-2H3,(H2,17,20). The fraction of sp³-hybridized carbons (Fsp3) is 0.562. The lowest BCUT2D eigenvalue weighted by molar-refractivity contribution is -0.122. The van der Waals surface area contributed by atoms with Gasteiger partial charge < -0.3 is 20.9 Å². The quantitative estimate of drug-likeness (QED) is 0.776. The molecule has 1 atom stereocenters. The van der Waals surface area contributed by atoms with Crippen molar-refractivity contribution in [3.05, 3.63) is 23.8 Å². The van der Waals surface area contributed by atoms with Gasteiger partial charge in [0.25, 0.3) is 0 Å². The fourth-order valence-electron chi connectivity index (χ4n) is 3.00. The van der Waals surface area contributed by atoms with Crippen molar-refractivity contribution in [2.75, 3.05) is 7.11 Å². The summed E-state index contributed by atoms with van der Waals surface area (Å²) in [5, 5.41) is 13.6. The average Bonchev–Trinajstić information content (AvgIpc) is 2.47. The summed E-state index contributed by atoms with van der Waals surface area (Å²) in [6, 6.07) is 5.75. The molecule has 116 valence electrons. The molecule has 4 N–H and O–H groups in total. The Morgan fingerprint density at radius 1 is 1.38 bits per heavy atom. The second kappa shape index (κ2) is 6.80. The number of rotatable bonds is 5. The zero-order valence-corrected chi connectivity index (χ0v) is 12.6. The second-order valence-corrected chi connectivity index (χ2v) is 5.76. The molecule has 0 heterocycles. The van der Waals surface area contributed by atoms with Gasteiger partial charge in [-0.15, -0.1) is 0 Å². The van der Waals surface area contributed by atoms with Gasteiger partial charge in [0, 0.05) is 29.6 Å². The molecular weight excluding hydrogens is 268 g/mol. The van der Waals surface area contributed by atoms with Crippen molar-refractivity contribution in [1.29, 1.82) is 0 Å². The Labute approximate surface area is 125 Å². The van der Waals surface area contributed by atoms with Gasteiger partial charge in [-0.25, -0.2) is 0 Å². The second-order valence-electron chi connectivity index (χ2n) is 5.76. The van der Waals surface area contributed by atoms with Crippen LogP contribution in [0.15, 0.2) is 18.2 Å². The number of hydrogen-bond donors (Lipinski definition) is 3.